The molecule has 1 N–H and O–H groups in total. The van der Waals surface area contributed by atoms with Crippen LogP contribution in [0, 0.1) is 0 Å². The second kappa shape index (κ2) is 8.14. The molecule has 0 aromatic heterocycles. The van der Waals surface area contributed by atoms with E-state index in [1.807, 2.05) is 0 Å². The molecule has 0 heterocycles. The zero-order valence-corrected chi connectivity index (χ0v) is 10.1. The SMILES string of the molecule is COCCCCNCc1ccc(C(F)F)cc1. The topological polar surface area (TPSA) is 21.3 Å². The van der Waals surface area contributed by atoms with Crippen molar-refractivity contribution >= 4 is 0 Å². The van der Waals surface area contributed by atoms with Crippen molar-refractivity contribution < 1.29 is 13.5 Å². The highest BCUT2D eigenvalue weighted by molar-refractivity contribution is 5.23. The first-order valence-electron chi connectivity index (χ1n) is 5.80. The number of halogens is 2. The molecule has 0 saturated heterocycles. The fraction of sp³-hybridized carbons (Fsp3) is 0.538. The quantitative estimate of drug-likeness (QED) is 0.708. The Balaban J connectivity index is 2.19. The van der Waals surface area contributed by atoms with Crippen LogP contribution >= 0.6 is 0 Å². The lowest BCUT2D eigenvalue weighted by Gasteiger charge is -2.06. The van der Waals surface area contributed by atoms with Gasteiger partial charge in [0.25, 0.3) is 6.43 Å². The summed E-state index contributed by atoms with van der Waals surface area (Å²) in [5, 5.41) is 3.27. The molecular weight excluding hydrogens is 224 g/mol. The Kier molecular flexibility index (Phi) is 6.74. The van der Waals surface area contributed by atoms with Crippen molar-refractivity contribution in [2.24, 2.45) is 0 Å². The van der Waals surface area contributed by atoms with Crippen molar-refractivity contribution in [1.29, 1.82) is 0 Å². The Morgan fingerprint density at radius 2 is 1.88 bits per heavy atom. The Morgan fingerprint density at radius 1 is 1.18 bits per heavy atom. The van der Waals surface area contributed by atoms with Gasteiger partial charge in [-0.3, -0.25) is 0 Å². The summed E-state index contributed by atoms with van der Waals surface area (Å²) in [6, 6.07) is 6.44. The number of hydrogen-bond acceptors (Lipinski definition) is 2. The summed E-state index contributed by atoms with van der Waals surface area (Å²) in [6.07, 6.45) is -0.289. The summed E-state index contributed by atoms with van der Waals surface area (Å²) >= 11 is 0. The van der Waals surface area contributed by atoms with Crippen LogP contribution < -0.4 is 5.32 Å². The van der Waals surface area contributed by atoms with E-state index >= 15 is 0 Å². The summed E-state index contributed by atoms with van der Waals surface area (Å²) in [6.45, 7) is 2.42. The minimum absolute atomic E-state index is 0.0776. The summed E-state index contributed by atoms with van der Waals surface area (Å²) < 4.78 is 29.5. The molecule has 2 nitrogen and oxygen atoms in total. The van der Waals surface area contributed by atoms with E-state index in [1.165, 1.54) is 12.1 Å². The maximum atomic E-state index is 12.3. The molecule has 96 valence electrons. The molecule has 1 aromatic carbocycles. The molecule has 0 spiro atoms. The van der Waals surface area contributed by atoms with Crippen LogP contribution in [0.15, 0.2) is 24.3 Å². The third-order valence-corrected chi connectivity index (χ3v) is 2.51. The van der Waals surface area contributed by atoms with Gasteiger partial charge in [-0.15, -0.1) is 0 Å². The third-order valence-electron chi connectivity index (χ3n) is 2.51. The van der Waals surface area contributed by atoms with Crippen molar-refractivity contribution in [2.75, 3.05) is 20.3 Å². The fourth-order valence-electron chi connectivity index (χ4n) is 1.51. The first-order chi connectivity index (χ1) is 8.24. The zero-order valence-electron chi connectivity index (χ0n) is 10.1. The van der Waals surface area contributed by atoms with Crippen molar-refractivity contribution in [3.8, 4) is 0 Å². The normalized spacial score (nSPS) is 11.1. The second-order valence-corrected chi connectivity index (χ2v) is 3.92. The van der Waals surface area contributed by atoms with E-state index in [0.29, 0.717) is 0 Å². The first kappa shape index (κ1) is 14.1. The van der Waals surface area contributed by atoms with Gasteiger partial charge in [-0.05, 0) is 24.9 Å². The number of unbranched alkanes of at least 4 members (excludes halogenated alkanes) is 1. The van der Waals surface area contributed by atoms with E-state index in [-0.39, 0.29) is 5.56 Å². The number of hydrogen-bond donors (Lipinski definition) is 1. The van der Waals surface area contributed by atoms with Crippen LogP contribution in [0.1, 0.15) is 30.4 Å². The lowest BCUT2D eigenvalue weighted by molar-refractivity contribution is 0.151. The molecule has 0 aliphatic carbocycles. The summed E-state index contributed by atoms with van der Waals surface area (Å²) in [5.41, 5.74) is 1.11. The van der Waals surface area contributed by atoms with E-state index in [2.05, 4.69) is 5.32 Å². The average molecular weight is 243 g/mol. The van der Waals surface area contributed by atoms with Gasteiger partial charge in [-0.25, -0.2) is 8.78 Å². The van der Waals surface area contributed by atoms with Crippen LogP contribution in [0.2, 0.25) is 0 Å². The van der Waals surface area contributed by atoms with E-state index < -0.39 is 6.43 Å². The molecule has 0 saturated carbocycles. The number of methoxy groups -OCH3 is 1. The van der Waals surface area contributed by atoms with Crippen LogP contribution in [0.4, 0.5) is 8.78 Å². The van der Waals surface area contributed by atoms with Gasteiger partial charge in [-0.1, -0.05) is 24.3 Å². The minimum Gasteiger partial charge on any atom is -0.385 e. The average Bonchev–Trinajstić information content (AvgIpc) is 2.34. The van der Waals surface area contributed by atoms with Crippen LogP contribution in [-0.2, 0) is 11.3 Å². The maximum Gasteiger partial charge on any atom is 0.263 e. The van der Waals surface area contributed by atoms with Crippen LogP contribution in [0.3, 0.4) is 0 Å². The molecule has 0 fully saturated rings. The van der Waals surface area contributed by atoms with Crippen LogP contribution in [0.25, 0.3) is 0 Å². The molecule has 0 radical (unpaired) electrons. The summed E-state index contributed by atoms with van der Waals surface area (Å²) in [5.74, 6) is 0. The Hall–Kier alpha value is -1.00. The molecule has 0 atom stereocenters. The van der Waals surface area contributed by atoms with Gasteiger partial charge in [0, 0.05) is 25.8 Å². The smallest absolute Gasteiger partial charge is 0.263 e. The van der Waals surface area contributed by atoms with Gasteiger partial charge in [-0.2, -0.15) is 0 Å². The number of rotatable bonds is 8. The van der Waals surface area contributed by atoms with E-state index in [4.69, 9.17) is 4.74 Å². The lowest BCUT2D eigenvalue weighted by Crippen LogP contribution is -2.15. The van der Waals surface area contributed by atoms with E-state index in [0.717, 1.165) is 38.1 Å². The number of nitrogens with one attached hydrogen (secondary N) is 1. The minimum atomic E-state index is -2.38. The molecule has 17 heavy (non-hydrogen) atoms. The molecular formula is C13H19F2NO. The molecule has 0 aliphatic rings. The molecule has 1 aromatic rings. The first-order valence-corrected chi connectivity index (χ1v) is 5.80. The molecule has 1 rings (SSSR count). The lowest BCUT2D eigenvalue weighted by atomic mass is 10.1. The van der Waals surface area contributed by atoms with Gasteiger partial charge in [0.2, 0.25) is 0 Å². The number of benzene rings is 1. The Bertz CT molecular complexity index is 301. The standard InChI is InChI=1S/C13H19F2NO/c1-17-9-3-2-8-16-10-11-4-6-12(7-5-11)13(14)15/h4-7,13,16H,2-3,8-10H2,1H3. The van der Waals surface area contributed by atoms with Crippen molar-refractivity contribution in [3.63, 3.8) is 0 Å². The van der Waals surface area contributed by atoms with Gasteiger partial charge >= 0.3 is 0 Å². The number of ether oxygens (including phenoxy) is 1. The van der Waals surface area contributed by atoms with Crippen molar-refractivity contribution in [2.45, 2.75) is 25.8 Å². The third kappa shape index (κ3) is 5.75. The highest BCUT2D eigenvalue weighted by Crippen LogP contribution is 2.18. The largest absolute Gasteiger partial charge is 0.385 e. The van der Waals surface area contributed by atoms with Gasteiger partial charge in [0.1, 0.15) is 0 Å². The highest BCUT2D eigenvalue weighted by Gasteiger charge is 2.05. The molecule has 0 amide bonds. The van der Waals surface area contributed by atoms with Gasteiger partial charge in [0.05, 0.1) is 0 Å². The fourth-order valence-corrected chi connectivity index (χ4v) is 1.51. The zero-order chi connectivity index (χ0) is 12.5. The Morgan fingerprint density at radius 3 is 2.47 bits per heavy atom. The highest BCUT2D eigenvalue weighted by atomic mass is 19.3. The molecule has 0 bridgehead atoms. The van der Waals surface area contributed by atoms with Crippen LogP contribution in [0.5, 0.6) is 0 Å². The molecule has 4 heteroatoms. The predicted molar refractivity (Wildman–Crippen MR) is 64.2 cm³/mol. The van der Waals surface area contributed by atoms with Crippen molar-refractivity contribution in [1.82, 2.24) is 5.32 Å². The van der Waals surface area contributed by atoms with Crippen LogP contribution in [-0.4, -0.2) is 20.3 Å². The van der Waals surface area contributed by atoms with Crippen molar-refractivity contribution in [3.05, 3.63) is 35.4 Å². The predicted octanol–water partition coefficient (Wildman–Crippen LogP) is 3.14. The summed E-state index contributed by atoms with van der Waals surface area (Å²) in [4.78, 5) is 0. The number of alkyl halides is 2. The Labute approximate surface area is 101 Å². The molecule has 0 unspecified atom stereocenters. The maximum absolute atomic E-state index is 12.3. The van der Waals surface area contributed by atoms with E-state index in [9.17, 15) is 8.78 Å². The van der Waals surface area contributed by atoms with E-state index in [1.54, 1.807) is 19.2 Å². The monoisotopic (exact) mass is 243 g/mol. The second-order valence-electron chi connectivity index (χ2n) is 3.92. The molecule has 0 aliphatic heterocycles. The summed E-state index contributed by atoms with van der Waals surface area (Å²) in [7, 11) is 1.69. The van der Waals surface area contributed by atoms with Gasteiger partial charge < -0.3 is 10.1 Å². The van der Waals surface area contributed by atoms with Gasteiger partial charge in [0.15, 0.2) is 0 Å².